The van der Waals surface area contributed by atoms with E-state index in [-0.39, 0.29) is 11.8 Å². The molecule has 75 heavy (non-hydrogen) atoms. The Kier molecular flexibility index (Phi) is 11.3. The number of anilines is 1. The minimum Gasteiger partial charge on any atom is -0.496 e. The summed E-state index contributed by atoms with van der Waals surface area (Å²) in [4.78, 5) is 13.9. The number of hydrogen-bond acceptors (Lipinski definition) is 8. The second-order valence-electron chi connectivity index (χ2n) is 19.1. The zero-order chi connectivity index (χ0) is 50.9. The van der Waals surface area contributed by atoms with Crippen molar-refractivity contribution in [3.63, 3.8) is 0 Å². The summed E-state index contributed by atoms with van der Waals surface area (Å²) in [6, 6.07) is 59.8. The van der Waals surface area contributed by atoms with Crippen molar-refractivity contribution in [2.24, 2.45) is 0 Å². The minimum atomic E-state index is -2.40. The van der Waals surface area contributed by atoms with Crippen molar-refractivity contribution in [1.29, 1.82) is 0 Å². The molecule has 10 heteroatoms. The highest BCUT2D eigenvalue weighted by atomic mass is 31.1. The molecule has 0 aliphatic carbocycles. The first kappa shape index (κ1) is 45.9. The normalized spacial score (nSPS) is 12.2. The molecule has 13 rings (SSSR count). The second-order valence-corrected chi connectivity index (χ2v) is 20.0. The molecule has 0 saturated carbocycles. The summed E-state index contributed by atoms with van der Waals surface area (Å²) in [6.07, 6.45) is 0.983. The lowest BCUT2D eigenvalue weighted by Gasteiger charge is -2.17. The van der Waals surface area contributed by atoms with Gasteiger partial charge in [-0.3, -0.25) is 4.79 Å². The van der Waals surface area contributed by atoms with Crippen molar-refractivity contribution in [1.82, 2.24) is 0 Å². The van der Waals surface area contributed by atoms with Crippen molar-refractivity contribution in [3.05, 3.63) is 181 Å². The van der Waals surface area contributed by atoms with Crippen LogP contribution in [0, 0.1) is 0 Å². The number of rotatable bonds is 11. The van der Waals surface area contributed by atoms with Crippen molar-refractivity contribution >= 4 is 128 Å². The van der Waals surface area contributed by atoms with E-state index in [1.54, 1.807) is 28.4 Å². The zero-order valence-corrected chi connectivity index (χ0v) is 42.8. The van der Waals surface area contributed by atoms with Gasteiger partial charge in [-0.15, -0.1) is 0 Å². The first-order valence-electron chi connectivity index (χ1n) is 25.0. The largest absolute Gasteiger partial charge is 0.496 e. The third-order valence-corrected chi connectivity index (χ3v) is 16.0. The molecule has 368 valence electrons. The molecule has 0 fully saturated rings. The lowest BCUT2D eigenvalue weighted by atomic mass is 9.90. The van der Waals surface area contributed by atoms with Gasteiger partial charge in [0.2, 0.25) is 5.91 Å². The van der Waals surface area contributed by atoms with E-state index in [2.05, 4.69) is 121 Å². The number of hydrogen-bond donors (Lipinski definition) is 1. The van der Waals surface area contributed by atoms with Crippen LogP contribution < -0.4 is 28.8 Å². The Morgan fingerprint density at radius 3 is 1.41 bits per heavy atom. The molecule has 0 saturated heterocycles. The van der Waals surface area contributed by atoms with Crippen LogP contribution in [-0.4, -0.2) is 34.3 Å². The molecule has 1 amide bonds. The quantitative estimate of drug-likeness (QED) is 0.128. The van der Waals surface area contributed by atoms with Crippen molar-refractivity contribution in [3.8, 4) is 28.7 Å². The number of ether oxygens (including phenoxy) is 4. The minimum absolute atomic E-state index is 0.129. The van der Waals surface area contributed by atoms with Gasteiger partial charge in [0.25, 0.3) is 0 Å². The van der Waals surface area contributed by atoms with E-state index in [1.807, 2.05) is 66.7 Å². The fourth-order valence-corrected chi connectivity index (χ4v) is 12.5. The van der Waals surface area contributed by atoms with E-state index in [0.717, 1.165) is 86.2 Å². The first-order chi connectivity index (χ1) is 36.8. The Labute approximate surface area is 432 Å². The maximum Gasteiger partial charge on any atom is 0.453 e. The summed E-state index contributed by atoms with van der Waals surface area (Å²) < 4.78 is 47.3. The molecular formula is C65H50NO8P. The molecule has 0 unspecified atom stereocenters. The highest BCUT2D eigenvalue weighted by molar-refractivity contribution is 7.32. The number of fused-ring (bicyclic) bond motifs is 19. The maximum atomic E-state index is 13.9. The average Bonchev–Trinajstić information content (AvgIpc) is 3.66. The SMILES string of the molecule is COc1cc2c3cc(OC)c4cc(OC)c5ccc6ccc7ccccc7c6c5c4c3op(Oc3ccccc3NC(=O)CC[C@H](C)c3ccccc3)oc2c2c1cc(OC)c1ccc3ccc4ccccc4c3c12. The van der Waals surface area contributed by atoms with E-state index < -0.39 is 8.24 Å². The van der Waals surface area contributed by atoms with E-state index >= 15 is 0 Å². The molecule has 13 aromatic rings. The van der Waals surface area contributed by atoms with Gasteiger partial charge in [-0.2, -0.15) is 0 Å². The van der Waals surface area contributed by atoms with E-state index in [0.29, 0.717) is 69.2 Å². The van der Waals surface area contributed by atoms with Crippen molar-refractivity contribution in [2.75, 3.05) is 33.8 Å². The number of para-hydroxylation sites is 2. The molecule has 0 spiro atoms. The van der Waals surface area contributed by atoms with Gasteiger partial charge in [0.15, 0.2) is 16.9 Å². The van der Waals surface area contributed by atoms with E-state index in [1.165, 1.54) is 5.56 Å². The summed E-state index contributed by atoms with van der Waals surface area (Å²) in [5.74, 6) is 3.03. The fraction of sp³-hybridized carbons (Fsp3) is 0.123. The van der Waals surface area contributed by atoms with Crippen LogP contribution >= 0.6 is 8.24 Å². The second kappa shape index (κ2) is 18.5. The average molecular weight is 1000 g/mol. The number of nitrogens with one attached hydrogen (secondary N) is 1. The topological polar surface area (TPSA) is 102 Å². The number of benzene rings is 12. The van der Waals surface area contributed by atoms with Crippen LogP contribution in [0.5, 0.6) is 28.7 Å². The van der Waals surface area contributed by atoms with Gasteiger partial charge in [0.1, 0.15) is 23.0 Å². The standard InChI is InChI=1S/C65H50NO8P/c1-37(38-15-7-6-8-16-38)23-32-57(67)66-51-21-13-14-22-52(51)72-75-73-64-47(33-55(70-4)49-35-53(68-2)45-30-28-41-26-24-39-17-9-11-19-43(39)58(41)60(45)62(49)64)48-34-56(71-5)50-36-54(69-3)46-31-29-42-27-25-40-18-10-12-20-44(40)59(42)61(46)63(50)65(48)74-75/h6-22,24-31,33-37H,23,32H2,1-5H3,(H,66,67)/t37-/m0/s1. The Morgan fingerprint density at radius 1 is 0.440 bits per heavy atom. The molecule has 0 aliphatic heterocycles. The molecule has 0 aliphatic rings. The van der Waals surface area contributed by atoms with Crippen molar-refractivity contribution < 1.29 is 36.7 Å². The number of carbonyl (C=O) groups excluding carboxylic acids is 1. The van der Waals surface area contributed by atoms with E-state index in [4.69, 9.17) is 31.9 Å². The fourth-order valence-electron chi connectivity index (χ4n) is 11.3. The molecule has 1 heterocycles. The molecule has 0 bridgehead atoms. The summed E-state index contributed by atoms with van der Waals surface area (Å²) in [7, 11) is 4.37. The van der Waals surface area contributed by atoms with Crippen LogP contribution in [0.1, 0.15) is 31.2 Å². The van der Waals surface area contributed by atoms with Gasteiger partial charge in [-0.25, -0.2) is 0 Å². The lowest BCUT2D eigenvalue weighted by Crippen LogP contribution is -2.13. The Hall–Kier alpha value is -8.91. The molecule has 12 aromatic carbocycles. The van der Waals surface area contributed by atoms with Gasteiger partial charge in [0, 0.05) is 60.3 Å². The van der Waals surface area contributed by atoms with Gasteiger partial charge in [-0.1, -0.05) is 134 Å². The first-order valence-corrected chi connectivity index (χ1v) is 26.1. The van der Waals surface area contributed by atoms with Gasteiger partial charge >= 0.3 is 8.24 Å². The number of methoxy groups -OCH3 is 4. The highest BCUT2D eigenvalue weighted by Crippen LogP contribution is 2.53. The lowest BCUT2D eigenvalue weighted by molar-refractivity contribution is -0.116. The van der Waals surface area contributed by atoms with Gasteiger partial charge in [-0.05, 0) is 110 Å². The smallest absolute Gasteiger partial charge is 0.453 e. The Bertz CT molecular complexity index is 4300. The third-order valence-electron chi connectivity index (χ3n) is 15.0. The van der Waals surface area contributed by atoms with Crippen LogP contribution in [0.4, 0.5) is 5.69 Å². The Balaban J connectivity index is 1.18. The van der Waals surface area contributed by atoms with Crippen LogP contribution in [-0.2, 0) is 4.79 Å². The third kappa shape index (κ3) is 7.56. The highest BCUT2D eigenvalue weighted by Gasteiger charge is 2.26. The summed E-state index contributed by atoms with van der Waals surface area (Å²) >= 11 is 0. The van der Waals surface area contributed by atoms with Crippen molar-refractivity contribution in [2.45, 2.75) is 25.7 Å². The van der Waals surface area contributed by atoms with Gasteiger partial charge in [0.05, 0.1) is 34.1 Å². The van der Waals surface area contributed by atoms with Crippen LogP contribution in [0.25, 0.3) is 108 Å². The van der Waals surface area contributed by atoms with Crippen LogP contribution in [0.15, 0.2) is 184 Å². The van der Waals surface area contributed by atoms with Crippen LogP contribution in [0.3, 0.4) is 0 Å². The molecular weight excluding hydrogens is 954 g/mol. The zero-order valence-electron chi connectivity index (χ0n) is 41.9. The number of carbonyl (C=O) groups is 1. The summed E-state index contributed by atoms with van der Waals surface area (Å²) in [5.41, 5.74) is 2.73. The Morgan fingerprint density at radius 2 is 0.880 bits per heavy atom. The molecule has 0 radical (unpaired) electrons. The molecule has 1 N–H and O–H groups in total. The molecule has 1 atom stereocenters. The predicted molar refractivity (Wildman–Crippen MR) is 308 cm³/mol. The molecule has 1 aromatic heterocycles. The maximum absolute atomic E-state index is 13.9. The molecule has 9 nitrogen and oxygen atoms in total. The van der Waals surface area contributed by atoms with E-state index in [9.17, 15) is 4.79 Å². The number of amides is 1. The summed E-state index contributed by atoms with van der Waals surface area (Å²) in [6.45, 7) is 2.15. The monoisotopic (exact) mass is 1000 g/mol. The van der Waals surface area contributed by atoms with Gasteiger partial charge < -0.3 is 37.2 Å². The van der Waals surface area contributed by atoms with Crippen LogP contribution in [0.2, 0.25) is 0 Å². The summed E-state index contributed by atoms with van der Waals surface area (Å²) in [5, 5.41) is 19.8. The predicted octanol–water partition coefficient (Wildman–Crippen LogP) is 17.9.